The molecule has 4 atom stereocenters. The van der Waals surface area contributed by atoms with Gasteiger partial charge in [-0.15, -0.1) is 0 Å². The molecule has 0 saturated carbocycles. The van der Waals surface area contributed by atoms with Crippen LogP contribution < -0.4 is 21.7 Å². The number of carbonyl (C=O) groups excluding carboxylic acids is 4. The Morgan fingerprint density at radius 3 is 2.15 bits per heavy atom. The lowest BCUT2D eigenvalue weighted by atomic mass is 10.0. The lowest BCUT2D eigenvalue weighted by molar-refractivity contribution is -0.131. The van der Waals surface area contributed by atoms with Crippen molar-refractivity contribution in [3.05, 3.63) is 114 Å². The summed E-state index contributed by atoms with van der Waals surface area (Å²) in [6.07, 6.45) is 3.34. The molecule has 3 unspecified atom stereocenters. The topological polar surface area (TPSA) is 168 Å². The molecule has 0 aliphatic heterocycles. The van der Waals surface area contributed by atoms with E-state index in [1.165, 1.54) is 18.2 Å². The summed E-state index contributed by atoms with van der Waals surface area (Å²) in [6, 6.07) is 20.7. The van der Waals surface area contributed by atoms with Crippen LogP contribution in [0.15, 0.2) is 91.0 Å². The van der Waals surface area contributed by atoms with Crippen molar-refractivity contribution < 1.29 is 33.0 Å². The van der Waals surface area contributed by atoms with Crippen LogP contribution in [0.3, 0.4) is 0 Å². The number of nitrogens with two attached hydrogens (primary N) is 1. The van der Waals surface area contributed by atoms with Gasteiger partial charge in [0.2, 0.25) is 25.1 Å². The van der Waals surface area contributed by atoms with Gasteiger partial charge in [0.05, 0.1) is 0 Å². The van der Waals surface area contributed by atoms with E-state index in [9.17, 15) is 33.0 Å². The van der Waals surface area contributed by atoms with Crippen LogP contribution in [0.1, 0.15) is 54.6 Å². The van der Waals surface area contributed by atoms with Gasteiger partial charge in [-0.2, -0.15) is 0 Å². The SMILES string of the molecule is CC(C)CCC(NC(=O)CP(=O)(O)C(Cc1ccccc1)NC(=O)c1cccc(F)c1)C(=O)N[C@@H](CC=Cc1ccccc1)C(N)=O. The minimum atomic E-state index is -4.47. The van der Waals surface area contributed by atoms with Gasteiger partial charge in [-0.1, -0.05) is 92.7 Å². The molecule has 250 valence electrons. The third kappa shape index (κ3) is 12.6. The van der Waals surface area contributed by atoms with Crippen LogP contribution in [-0.4, -0.2) is 52.6 Å². The fraction of sp³-hybridized carbons (Fsp3) is 0.314. The number of halogens is 1. The number of rotatable bonds is 17. The van der Waals surface area contributed by atoms with Gasteiger partial charge in [0.25, 0.3) is 5.91 Å². The number of carbonyl (C=O) groups is 4. The number of amides is 4. The van der Waals surface area contributed by atoms with Gasteiger partial charge >= 0.3 is 0 Å². The molecule has 0 heterocycles. The molecule has 0 aromatic heterocycles. The smallest absolute Gasteiger partial charge is 0.252 e. The maximum absolute atomic E-state index is 13.8. The largest absolute Gasteiger partial charge is 0.368 e. The molecule has 4 amide bonds. The molecule has 6 N–H and O–H groups in total. The fourth-order valence-electron chi connectivity index (χ4n) is 4.74. The highest BCUT2D eigenvalue weighted by Crippen LogP contribution is 2.46. The predicted octanol–water partition coefficient (Wildman–Crippen LogP) is 4.39. The summed E-state index contributed by atoms with van der Waals surface area (Å²) in [5.41, 5.74) is 7.03. The van der Waals surface area contributed by atoms with E-state index in [1.54, 1.807) is 42.5 Å². The van der Waals surface area contributed by atoms with Gasteiger partial charge in [0.1, 0.15) is 29.8 Å². The monoisotopic (exact) mass is 664 g/mol. The van der Waals surface area contributed by atoms with E-state index in [0.717, 1.165) is 11.6 Å². The maximum atomic E-state index is 13.8. The van der Waals surface area contributed by atoms with Gasteiger partial charge in [-0.05, 0) is 54.5 Å². The van der Waals surface area contributed by atoms with Crippen molar-refractivity contribution in [3.63, 3.8) is 0 Å². The molecular weight excluding hydrogens is 622 g/mol. The van der Waals surface area contributed by atoms with Gasteiger partial charge in [0, 0.05) is 12.0 Å². The van der Waals surface area contributed by atoms with Crippen molar-refractivity contribution in [2.24, 2.45) is 11.7 Å². The van der Waals surface area contributed by atoms with Crippen molar-refractivity contribution in [2.75, 3.05) is 6.16 Å². The Balaban J connectivity index is 1.75. The van der Waals surface area contributed by atoms with E-state index >= 15 is 0 Å². The number of hydrogen-bond acceptors (Lipinski definition) is 5. The summed E-state index contributed by atoms with van der Waals surface area (Å²) < 4.78 is 27.5. The van der Waals surface area contributed by atoms with Crippen molar-refractivity contribution >= 4 is 37.1 Å². The molecule has 0 aliphatic rings. The lowest BCUT2D eigenvalue weighted by Crippen LogP contribution is -2.53. The van der Waals surface area contributed by atoms with Crippen molar-refractivity contribution in [1.82, 2.24) is 16.0 Å². The Bertz CT molecular complexity index is 1590. The van der Waals surface area contributed by atoms with Crippen LogP contribution in [0.4, 0.5) is 4.39 Å². The average Bonchev–Trinajstić information content (AvgIpc) is 3.02. The Kier molecular flexibility index (Phi) is 14.1. The van der Waals surface area contributed by atoms with E-state index in [-0.39, 0.29) is 30.7 Å². The number of nitrogens with one attached hydrogen (secondary N) is 3. The van der Waals surface area contributed by atoms with Crippen LogP contribution in [0, 0.1) is 11.7 Å². The molecule has 0 spiro atoms. The van der Waals surface area contributed by atoms with Crippen LogP contribution in [0.25, 0.3) is 6.08 Å². The second-order valence-corrected chi connectivity index (χ2v) is 14.2. The minimum Gasteiger partial charge on any atom is -0.368 e. The number of benzene rings is 3. The second kappa shape index (κ2) is 17.9. The van der Waals surface area contributed by atoms with E-state index in [2.05, 4.69) is 16.0 Å². The first-order chi connectivity index (χ1) is 22.3. The molecule has 0 aliphatic carbocycles. The predicted molar refractivity (Wildman–Crippen MR) is 180 cm³/mol. The summed E-state index contributed by atoms with van der Waals surface area (Å²) in [5.74, 6) is -4.98. The van der Waals surface area contributed by atoms with Crippen LogP contribution in [0.2, 0.25) is 0 Å². The van der Waals surface area contributed by atoms with Crippen LogP contribution in [-0.2, 0) is 25.4 Å². The van der Waals surface area contributed by atoms with Gasteiger partial charge in [0.15, 0.2) is 0 Å². The fourth-order valence-corrected chi connectivity index (χ4v) is 6.28. The number of hydrogen-bond donors (Lipinski definition) is 5. The standard InChI is InChI=1S/C35H42FN4O6P/c1-24(2)19-20-30(35(44)39-29(33(37)42)18-9-15-25-11-5-3-6-12-25)38-31(41)23-47(45,46)32(21-26-13-7-4-8-14-26)40-34(43)27-16-10-17-28(36)22-27/h3-17,22,24,29-30,32H,18-21,23H2,1-2H3,(H2,37,42)(H,38,41)(H,39,44)(H,40,43)(H,45,46)/t29-,30?,32?/m0/s1. The minimum absolute atomic E-state index is 0.0550. The van der Waals surface area contributed by atoms with Crippen molar-refractivity contribution in [3.8, 4) is 0 Å². The molecule has 0 fully saturated rings. The Hall–Kier alpha value is -4.60. The zero-order valence-electron chi connectivity index (χ0n) is 26.5. The maximum Gasteiger partial charge on any atom is 0.252 e. The molecule has 0 saturated heterocycles. The number of primary amides is 1. The van der Waals surface area contributed by atoms with Gasteiger partial charge in [-0.3, -0.25) is 23.7 Å². The molecule has 0 bridgehead atoms. The molecule has 3 aromatic carbocycles. The Morgan fingerprint density at radius 2 is 1.53 bits per heavy atom. The summed E-state index contributed by atoms with van der Waals surface area (Å²) in [7, 11) is -4.47. The zero-order valence-corrected chi connectivity index (χ0v) is 27.4. The molecule has 3 rings (SSSR count). The highest BCUT2D eigenvalue weighted by atomic mass is 31.2. The first kappa shape index (κ1) is 36.9. The zero-order chi connectivity index (χ0) is 34.4. The quantitative estimate of drug-likeness (QED) is 0.134. The van der Waals surface area contributed by atoms with Gasteiger partial charge in [-0.25, -0.2) is 4.39 Å². The summed E-state index contributed by atoms with van der Waals surface area (Å²) in [6.45, 7) is 3.88. The summed E-state index contributed by atoms with van der Waals surface area (Å²) in [5, 5.41) is 7.66. The molecular formula is C35H42FN4O6P. The molecule has 47 heavy (non-hydrogen) atoms. The Morgan fingerprint density at radius 1 is 0.872 bits per heavy atom. The highest BCUT2D eigenvalue weighted by molar-refractivity contribution is 7.59. The van der Waals surface area contributed by atoms with Gasteiger partial charge < -0.3 is 26.6 Å². The van der Waals surface area contributed by atoms with E-state index in [1.807, 2.05) is 44.2 Å². The molecule has 3 aromatic rings. The Labute approximate surface area is 274 Å². The average molecular weight is 665 g/mol. The summed E-state index contributed by atoms with van der Waals surface area (Å²) in [4.78, 5) is 62.9. The van der Waals surface area contributed by atoms with E-state index in [0.29, 0.717) is 12.0 Å². The van der Waals surface area contributed by atoms with Crippen molar-refractivity contribution in [1.29, 1.82) is 0 Å². The van der Waals surface area contributed by atoms with Crippen molar-refractivity contribution in [2.45, 2.75) is 57.4 Å². The summed E-state index contributed by atoms with van der Waals surface area (Å²) >= 11 is 0. The molecule has 0 radical (unpaired) electrons. The normalized spacial score (nSPS) is 14.5. The van der Waals surface area contributed by atoms with Crippen LogP contribution >= 0.6 is 7.37 Å². The third-order valence-corrected chi connectivity index (χ3v) is 9.37. The molecule has 12 heteroatoms. The van der Waals surface area contributed by atoms with Crippen LogP contribution in [0.5, 0.6) is 0 Å². The highest BCUT2D eigenvalue weighted by Gasteiger charge is 2.36. The molecule has 10 nitrogen and oxygen atoms in total. The second-order valence-electron chi connectivity index (χ2n) is 11.7. The lowest BCUT2D eigenvalue weighted by Gasteiger charge is -2.26. The first-order valence-corrected chi connectivity index (χ1v) is 17.3. The van der Waals surface area contributed by atoms with E-state index < -0.39 is 60.8 Å². The third-order valence-electron chi connectivity index (χ3n) is 7.34. The van der Waals surface area contributed by atoms with E-state index in [4.69, 9.17) is 5.73 Å². The first-order valence-electron chi connectivity index (χ1n) is 15.4.